The Labute approximate surface area is 94.5 Å². The van der Waals surface area contributed by atoms with Crippen LogP contribution in [0.1, 0.15) is 18.7 Å². The predicted octanol–water partition coefficient (Wildman–Crippen LogP) is 1.44. The first kappa shape index (κ1) is 10.8. The van der Waals surface area contributed by atoms with Crippen molar-refractivity contribution in [3.05, 3.63) is 11.0 Å². The number of anilines is 1. The molecule has 84 valence electrons. The van der Waals surface area contributed by atoms with Crippen molar-refractivity contribution in [1.29, 1.82) is 0 Å². The first-order chi connectivity index (χ1) is 7.24. The molecular weight excluding hydrogens is 214 g/mol. The van der Waals surface area contributed by atoms with Crippen LogP contribution >= 0.6 is 11.6 Å². The van der Waals surface area contributed by atoms with Crippen LogP contribution in [0.4, 0.5) is 5.82 Å². The van der Waals surface area contributed by atoms with Gasteiger partial charge >= 0.3 is 0 Å². The number of rotatable bonds is 3. The van der Waals surface area contributed by atoms with Gasteiger partial charge in [0, 0.05) is 19.6 Å². The van der Waals surface area contributed by atoms with Gasteiger partial charge in [-0.1, -0.05) is 11.6 Å². The third kappa shape index (κ3) is 1.96. The molecule has 0 amide bonds. The molecule has 1 aromatic rings. The number of hydrogen-bond donors (Lipinski definition) is 1. The summed E-state index contributed by atoms with van der Waals surface area (Å²) in [6, 6.07) is 0. The molecule has 2 heterocycles. The summed E-state index contributed by atoms with van der Waals surface area (Å²) in [5, 5.41) is 9.58. The SMILES string of the molecule is Cc1nc(N2CCCC2)c(Cl)n1CCO. The van der Waals surface area contributed by atoms with Crippen LogP contribution in [-0.4, -0.2) is 34.4 Å². The van der Waals surface area contributed by atoms with Crippen molar-refractivity contribution in [2.45, 2.75) is 26.3 Å². The van der Waals surface area contributed by atoms with Gasteiger partial charge in [-0.3, -0.25) is 0 Å². The zero-order chi connectivity index (χ0) is 10.8. The van der Waals surface area contributed by atoms with Crippen molar-refractivity contribution in [3.8, 4) is 0 Å². The summed E-state index contributed by atoms with van der Waals surface area (Å²) in [5.41, 5.74) is 0. The van der Waals surface area contributed by atoms with E-state index in [2.05, 4.69) is 9.88 Å². The molecule has 1 aromatic heterocycles. The molecule has 0 atom stereocenters. The van der Waals surface area contributed by atoms with Crippen LogP contribution in [0, 0.1) is 6.92 Å². The van der Waals surface area contributed by atoms with Gasteiger partial charge in [-0.25, -0.2) is 4.98 Å². The van der Waals surface area contributed by atoms with Crippen LogP contribution in [0.3, 0.4) is 0 Å². The van der Waals surface area contributed by atoms with Crippen molar-refractivity contribution >= 4 is 17.4 Å². The van der Waals surface area contributed by atoms with E-state index in [1.165, 1.54) is 12.8 Å². The molecule has 0 unspecified atom stereocenters. The standard InChI is InChI=1S/C10H16ClN3O/c1-8-12-10(13-4-2-3-5-13)9(11)14(8)6-7-15/h15H,2-7H2,1H3. The largest absolute Gasteiger partial charge is 0.395 e. The summed E-state index contributed by atoms with van der Waals surface area (Å²) >= 11 is 6.24. The third-order valence-electron chi connectivity index (χ3n) is 2.81. The van der Waals surface area contributed by atoms with E-state index in [4.69, 9.17) is 16.7 Å². The highest BCUT2D eigenvalue weighted by atomic mass is 35.5. The highest BCUT2D eigenvalue weighted by molar-refractivity contribution is 6.32. The Morgan fingerprint density at radius 2 is 2.07 bits per heavy atom. The Balaban J connectivity index is 2.27. The molecule has 0 saturated carbocycles. The van der Waals surface area contributed by atoms with E-state index in [9.17, 15) is 0 Å². The van der Waals surface area contributed by atoms with Crippen LogP contribution in [0.5, 0.6) is 0 Å². The van der Waals surface area contributed by atoms with Gasteiger partial charge in [-0.15, -0.1) is 0 Å². The van der Waals surface area contributed by atoms with E-state index < -0.39 is 0 Å². The second-order valence-electron chi connectivity index (χ2n) is 3.84. The number of aliphatic hydroxyl groups excluding tert-OH is 1. The van der Waals surface area contributed by atoms with Crippen molar-refractivity contribution in [1.82, 2.24) is 9.55 Å². The summed E-state index contributed by atoms with van der Waals surface area (Å²) in [7, 11) is 0. The highest BCUT2D eigenvalue weighted by Gasteiger charge is 2.20. The summed E-state index contributed by atoms with van der Waals surface area (Å²) in [5.74, 6) is 1.75. The molecule has 2 rings (SSSR count). The maximum atomic E-state index is 8.92. The van der Waals surface area contributed by atoms with Gasteiger partial charge in [-0.2, -0.15) is 0 Å². The molecule has 1 N–H and O–H groups in total. The fraction of sp³-hybridized carbons (Fsp3) is 0.700. The van der Waals surface area contributed by atoms with E-state index in [-0.39, 0.29) is 6.61 Å². The van der Waals surface area contributed by atoms with E-state index in [1.54, 1.807) is 0 Å². The second kappa shape index (κ2) is 4.41. The maximum Gasteiger partial charge on any atom is 0.166 e. The zero-order valence-corrected chi connectivity index (χ0v) is 9.67. The highest BCUT2D eigenvalue weighted by Crippen LogP contribution is 2.28. The van der Waals surface area contributed by atoms with Crippen LogP contribution in [-0.2, 0) is 6.54 Å². The zero-order valence-electron chi connectivity index (χ0n) is 8.91. The average Bonchev–Trinajstić information content (AvgIpc) is 2.81. The number of halogens is 1. The van der Waals surface area contributed by atoms with Crippen molar-refractivity contribution in [2.75, 3.05) is 24.6 Å². The lowest BCUT2D eigenvalue weighted by molar-refractivity contribution is 0.275. The summed E-state index contributed by atoms with van der Waals surface area (Å²) in [4.78, 5) is 6.67. The Morgan fingerprint density at radius 1 is 1.40 bits per heavy atom. The number of aryl methyl sites for hydroxylation is 1. The predicted molar refractivity (Wildman–Crippen MR) is 60.5 cm³/mol. The van der Waals surface area contributed by atoms with Crippen molar-refractivity contribution < 1.29 is 5.11 Å². The number of aromatic nitrogens is 2. The fourth-order valence-electron chi connectivity index (χ4n) is 2.01. The molecule has 5 heteroatoms. The van der Waals surface area contributed by atoms with Gasteiger partial charge in [-0.05, 0) is 19.8 Å². The lowest BCUT2D eigenvalue weighted by atomic mass is 10.4. The van der Waals surface area contributed by atoms with Crippen LogP contribution in [0.2, 0.25) is 5.15 Å². The Hall–Kier alpha value is -0.740. The number of hydrogen-bond acceptors (Lipinski definition) is 3. The van der Waals surface area contributed by atoms with E-state index in [0.717, 1.165) is 24.7 Å². The van der Waals surface area contributed by atoms with Gasteiger partial charge in [0.05, 0.1) is 6.61 Å². The first-order valence-electron chi connectivity index (χ1n) is 5.32. The lowest BCUT2D eigenvalue weighted by Gasteiger charge is -2.14. The minimum absolute atomic E-state index is 0.0936. The molecule has 0 radical (unpaired) electrons. The molecular formula is C10H16ClN3O. The molecule has 0 aromatic carbocycles. The van der Waals surface area contributed by atoms with E-state index in [0.29, 0.717) is 11.7 Å². The topological polar surface area (TPSA) is 41.3 Å². The van der Waals surface area contributed by atoms with E-state index >= 15 is 0 Å². The molecule has 1 saturated heterocycles. The third-order valence-corrected chi connectivity index (χ3v) is 3.18. The normalized spacial score (nSPS) is 16.3. The fourth-order valence-corrected chi connectivity index (χ4v) is 2.38. The van der Waals surface area contributed by atoms with Gasteiger partial charge in [0.15, 0.2) is 11.0 Å². The van der Waals surface area contributed by atoms with Crippen molar-refractivity contribution in [2.24, 2.45) is 0 Å². The molecule has 4 nitrogen and oxygen atoms in total. The Bertz CT molecular complexity index is 345. The molecule has 0 spiro atoms. The number of imidazole rings is 1. The minimum atomic E-state index is 0.0936. The molecule has 0 aliphatic carbocycles. The molecule has 0 bridgehead atoms. The van der Waals surface area contributed by atoms with Gasteiger partial charge in [0.1, 0.15) is 5.82 Å². The molecule has 1 aliphatic heterocycles. The van der Waals surface area contributed by atoms with Gasteiger partial charge in [0.2, 0.25) is 0 Å². The van der Waals surface area contributed by atoms with Gasteiger partial charge in [0.25, 0.3) is 0 Å². The van der Waals surface area contributed by atoms with Crippen LogP contribution < -0.4 is 4.90 Å². The second-order valence-corrected chi connectivity index (χ2v) is 4.20. The van der Waals surface area contributed by atoms with Crippen molar-refractivity contribution in [3.63, 3.8) is 0 Å². The Morgan fingerprint density at radius 3 is 2.67 bits per heavy atom. The molecule has 1 fully saturated rings. The van der Waals surface area contributed by atoms with Crippen LogP contribution in [0.15, 0.2) is 0 Å². The lowest BCUT2D eigenvalue weighted by Crippen LogP contribution is -2.18. The average molecular weight is 230 g/mol. The molecule has 15 heavy (non-hydrogen) atoms. The monoisotopic (exact) mass is 229 g/mol. The summed E-state index contributed by atoms with van der Waals surface area (Å²) < 4.78 is 1.86. The first-order valence-corrected chi connectivity index (χ1v) is 5.70. The van der Waals surface area contributed by atoms with Crippen LogP contribution in [0.25, 0.3) is 0 Å². The number of aliphatic hydroxyl groups is 1. The smallest absolute Gasteiger partial charge is 0.166 e. The maximum absolute atomic E-state index is 8.92. The summed E-state index contributed by atoms with van der Waals surface area (Å²) in [6.07, 6.45) is 2.42. The quantitative estimate of drug-likeness (QED) is 0.853. The minimum Gasteiger partial charge on any atom is -0.395 e. The molecule has 1 aliphatic rings. The summed E-state index contributed by atoms with van der Waals surface area (Å²) in [6.45, 7) is 4.60. The van der Waals surface area contributed by atoms with Gasteiger partial charge < -0.3 is 14.6 Å². The Kier molecular flexibility index (Phi) is 3.17. The van der Waals surface area contributed by atoms with E-state index in [1.807, 2.05) is 11.5 Å². The number of nitrogens with zero attached hydrogens (tertiary/aromatic N) is 3.